The van der Waals surface area contributed by atoms with Gasteiger partial charge in [0, 0.05) is 31.9 Å². The Morgan fingerprint density at radius 2 is 2.36 bits per heavy atom. The summed E-state index contributed by atoms with van der Waals surface area (Å²) >= 11 is 0. The Balaban J connectivity index is 1.65. The number of anilines is 1. The van der Waals surface area contributed by atoms with Crippen molar-refractivity contribution in [1.29, 1.82) is 0 Å². The highest BCUT2D eigenvalue weighted by atomic mass is 32.2. The van der Waals surface area contributed by atoms with Crippen LogP contribution in [0.3, 0.4) is 0 Å². The van der Waals surface area contributed by atoms with Crippen molar-refractivity contribution in [1.82, 2.24) is 14.3 Å². The molecule has 0 radical (unpaired) electrons. The van der Waals surface area contributed by atoms with Gasteiger partial charge in [-0.05, 0) is 19.8 Å². The molecule has 1 aromatic rings. The van der Waals surface area contributed by atoms with Crippen molar-refractivity contribution in [3.05, 3.63) is 18.6 Å². The van der Waals surface area contributed by atoms with Crippen molar-refractivity contribution >= 4 is 15.8 Å². The van der Waals surface area contributed by atoms with Crippen molar-refractivity contribution in [2.75, 3.05) is 30.8 Å². The SMILES string of the molecule is CCS(=O)(=O)N1CCCC2(CC(Nc3cnccn3)CO2)C1. The average molecular weight is 326 g/mol. The first-order valence-electron chi connectivity index (χ1n) is 7.67. The van der Waals surface area contributed by atoms with Crippen molar-refractivity contribution in [3.8, 4) is 0 Å². The van der Waals surface area contributed by atoms with Crippen molar-refractivity contribution in [3.63, 3.8) is 0 Å². The smallest absolute Gasteiger partial charge is 0.213 e. The molecule has 3 rings (SSSR count). The number of sulfonamides is 1. The number of nitrogens with one attached hydrogen (secondary N) is 1. The van der Waals surface area contributed by atoms with Gasteiger partial charge in [0.1, 0.15) is 5.82 Å². The van der Waals surface area contributed by atoms with E-state index in [2.05, 4.69) is 15.3 Å². The van der Waals surface area contributed by atoms with Crippen LogP contribution < -0.4 is 5.32 Å². The van der Waals surface area contributed by atoms with Gasteiger partial charge in [-0.1, -0.05) is 0 Å². The normalized spacial score (nSPS) is 29.8. The summed E-state index contributed by atoms with van der Waals surface area (Å²) in [5.74, 6) is 0.867. The molecule has 2 aliphatic rings. The molecule has 3 heterocycles. The molecule has 0 amide bonds. The van der Waals surface area contributed by atoms with Gasteiger partial charge in [0.25, 0.3) is 0 Å². The molecule has 2 atom stereocenters. The molecule has 1 spiro atoms. The van der Waals surface area contributed by atoms with Gasteiger partial charge in [0.05, 0.1) is 30.2 Å². The zero-order valence-electron chi connectivity index (χ0n) is 12.7. The van der Waals surface area contributed by atoms with Gasteiger partial charge in [-0.3, -0.25) is 4.98 Å². The van der Waals surface area contributed by atoms with Crippen LogP contribution in [0.1, 0.15) is 26.2 Å². The van der Waals surface area contributed by atoms with Crippen LogP contribution in [0.2, 0.25) is 0 Å². The molecule has 122 valence electrons. The lowest BCUT2D eigenvalue weighted by Crippen LogP contribution is -2.50. The molecule has 8 heteroatoms. The fraction of sp³-hybridized carbons (Fsp3) is 0.714. The van der Waals surface area contributed by atoms with E-state index in [0.29, 0.717) is 19.7 Å². The summed E-state index contributed by atoms with van der Waals surface area (Å²) in [5.41, 5.74) is -0.361. The minimum atomic E-state index is -3.15. The molecule has 0 aliphatic carbocycles. The molecule has 1 N–H and O–H groups in total. The highest BCUT2D eigenvalue weighted by molar-refractivity contribution is 7.89. The predicted molar refractivity (Wildman–Crippen MR) is 83.0 cm³/mol. The Hall–Kier alpha value is -1.25. The van der Waals surface area contributed by atoms with E-state index in [9.17, 15) is 8.42 Å². The number of nitrogens with zero attached hydrogens (tertiary/aromatic N) is 3. The van der Waals surface area contributed by atoms with Gasteiger partial charge in [-0.15, -0.1) is 0 Å². The monoisotopic (exact) mass is 326 g/mol. The zero-order chi connectivity index (χ0) is 15.6. The summed E-state index contributed by atoms with van der Waals surface area (Å²) in [4.78, 5) is 8.24. The number of hydrogen-bond donors (Lipinski definition) is 1. The van der Waals surface area contributed by atoms with Crippen molar-refractivity contribution in [2.24, 2.45) is 0 Å². The Morgan fingerprint density at radius 3 is 3.09 bits per heavy atom. The summed E-state index contributed by atoms with van der Waals surface area (Å²) in [5, 5.41) is 3.31. The first-order valence-corrected chi connectivity index (χ1v) is 9.28. The van der Waals surface area contributed by atoms with Crippen LogP contribution in [0.25, 0.3) is 0 Å². The molecule has 7 nitrogen and oxygen atoms in total. The Morgan fingerprint density at radius 1 is 1.50 bits per heavy atom. The third-order valence-corrected chi connectivity index (χ3v) is 6.21. The van der Waals surface area contributed by atoms with E-state index in [1.54, 1.807) is 29.8 Å². The second-order valence-corrected chi connectivity index (χ2v) is 8.23. The summed E-state index contributed by atoms with van der Waals surface area (Å²) < 4.78 is 31.8. The van der Waals surface area contributed by atoms with E-state index in [4.69, 9.17) is 4.74 Å². The van der Waals surface area contributed by atoms with Gasteiger partial charge in [-0.25, -0.2) is 13.4 Å². The predicted octanol–water partition coefficient (Wildman–Crippen LogP) is 0.862. The van der Waals surface area contributed by atoms with Gasteiger partial charge >= 0.3 is 0 Å². The van der Waals surface area contributed by atoms with Gasteiger partial charge in [0.2, 0.25) is 10.0 Å². The molecule has 2 unspecified atom stereocenters. The first kappa shape index (κ1) is 15.6. The van der Waals surface area contributed by atoms with Crippen LogP contribution >= 0.6 is 0 Å². The molecule has 1 aromatic heterocycles. The van der Waals surface area contributed by atoms with Crippen LogP contribution in [0.5, 0.6) is 0 Å². The largest absolute Gasteiger partial charge is 0.371 e. The van der Waals surface area contributed by atoms with Crippen molar-refractivity contribution < 1.29 is 13.2 Å². The third-order valence-electron chi connectivity index (χ3n) is 4.39. The molecule has 0 aromatic carbocycles. The maximum Gasteiger partial charge on any atom is 0.213 e. The lowest BCUT2D eigenvalue weighted by Gasteiger charge is -2.38. The Kier molecular flexibility index (Phi) is 4.33. The number of aromatic nitrogens is 2. The van der Waals surface area contributed by atoms with Crippen LogP contribution in [-0.4, -0.2) is 59.8 Å². The standard InChI is InChI=1S/C14H22N4O3S/c1-2-22(19,20)18-7-3-4-14(11-18)8-12(10-21-14)17-13-9-15-5-6-16-13/h5-6,9,12H,2-4,7-8,10-11H2,1H3,(H,16,17). The second kappa shape index (κ2) is 6.10. The average Bonchev–Trinajstić information content (AvgIpc) is 2.90. The maximum atomic E-state index is 12.1. The van der Waals surface area contributed by atoms with Crippen molar-refractivity contribution in [2.45, 2.75) is 37.8 Å². The van der Waals surface area contributed by atoms with Crippen LogP contribution in [0.4, 0.5) is 5.82 Å². The Bertz CT molecular complexity index is 610. The topological polar surface area (TPSA) is 84.4 Å². The molecular formula is C14H22N4O3S. The number of rotatable bonds is 4. The number of hydrogen-bond acceptors (Lipinski definition) is 6. The molecule has 2 fully saturated rings. The molecule has 2 saturated heterocycles. The number of ether oxygens (including phenoxy) is 1. The van der Waals surface area contributed by atoms with Gasteiger partial charge in [-0.2, -0.15) is 4.31 Å². The quantitative estimate of drug-likeness (QED) is 0.883. The molecule has 0 saturated carbocycles. The molecule has 22 heavy (non-hydrogen) atoms. The minimum Gasteiger partial charge on any atom is -0.371 e. The lowest BCUT2D eigenvalue weighted by molar-refractivity contribution is -0.0329. The third kappa shape index (κ3) is 3.23. The first-order chi connectivity index (χ1) is 10.5. The van der Waals surface area contributed by atoms with Gasteiger partial charge < -0.3 is 10.1 Å². The van der Waals surface area contributed by atoms with Crippen LogP contribution in [0.15, 0.2) is 18.6 Å². The zero-order valence-corrected chi connectivity index (χ0v) is 13.6. The fourth-order valence-corrected chi connectivity index (χ4v) is 4.49. The van der Waals surface area contributed by atoms with E-state index < -0.39 is 10.0 Å². The number of piperidine rings is 1. The van der Waals surface area contributed by atoms with E-state index in [-0.39, 0.29) is 17.4 Å². The van der Waals surface area contributed by atoms with E-state index in [0.717, 1.165) is 25.1 Å². The maximum absolute atomic E-state index is 12.1. The summed E-state index contributed by atoms with van der Waals surface area (Å²) in [6.07, 6.45) is 7.49. The van der Waals surface area contributed by atoms with E-state index in [1.807, 2.05) is 0 Å². The van der Waals surface area contributed by atoms with E-state index >= 15 is 0 Å². The van der Waals surface area contributed by atoms with E-state index in [1.165, 1.54) is 0 Å². The van der Waals surface area contributed by atoms with Crippen LogP contribution in [0, 0.1) is 0 Å². The molecular weight excluding hydrogens is 304 g/mol. The summed E-state index contributed by atoms with van der Waals surface area (Å²) in [6, 6.07) is 0.140. The summed E-state index contributed by atoms with van der Waals surface area (Å²) in [6.45, 7) is 3.31. The minimum absolute atomic E-state index is 0.140. The summed E-state index contributed by atoms with van der Waals surface area (Å²) in [7, 11) is -3.15. The van der Waals surface area contributed by atoms with Crippen LogP contribution in [-0.2, 0) is 14.8 Å². The highest BCUT2D eigenvalue weighted by Gasteiger charge is 2.45. The lowest BCUT2D eigenvalue weighted by atomic mass is 9.90. The van der Waals surface area contributed by atoms with Gasteiger partial charge in [0.15, 0.2) is 0 Å². The molecule has 0 bridgehead atoms. The molecule has 2 aliphatic heterocycles. The highest BCUT2D eigenvalue weighted by Crippen LogP contribution is 2.36. The Labute approximate surface area is 131 Å². The fourth-order valence-electron chi connectivity index (χ4n) is 3.28. The second-order valence-electron chi connectivity index (χ2n) is 5.97.